The van der Waals surface area contributed by atoms with Crippen LogP contribution in [-0.2, 0) is 4.74 Å². The van der Waals surface area contributed by atoms with E-state index in [0.717, 1.165) is 51.8 Å². The summed E-state index contributed by atoms with van der Waals surface area (Å²) in [5.74, 6) is 0.0620. The number of benzene rings is 2. The van der Waals surface area contributed by atoms with Crippen molar-refractivity contribution in [3.63, 3.8) is 0 Å². The van der Waals surface area contributed by atoms with Crippen molar-refractivity contribution in [2.75, 3.05) is 32.8 Å². The summed E-state index contributed by atoms with van der Waals surface area (Å²) in [7, 11) is 0. The number of aromatic nitrogens is 5. The molecule has 0 saturated carbocycles. The molecule has 0 spiro atoms. The largest absolute Gasteiger partial charge is 0.379 e. The van der Waals surface area contributed by atoms with Gasteiger partial charge in [0.1, 0.15) is 5.69 Å². The molecule has 5 aromatic rings. The number of H-pyrrole nitrogens is 2. The number of hydrogen-bond donors (Lipinski definition) is 2. The van der Waals surface area contributed by atoms with Crippen molar-refractivity contribution in [1.82, 2.24) is 30.0 Å². The number of nitrogens with zero attached hydrogens (tertiary/aromatic N) is 4. The van der Waals surface area contributed by atoms with Crippen molar-refractivity contribution in [3.8, 4) is 11.3 Å². The van der Waals surface area contributed by atoms with Gasteiger partial charge in [-0.25, -0.2) is 4.98 Å². The number of carbonyl (C=O) groups is 1. The molecule has 2 N–H and O–H groups in total. The molecule has 0 radical (unpaired) electrons. The number of ether oxygens (including phenoxy) is 1. The molecule has 1 aliphatic heterocycles. The number of aromatic amines is 2. The van der Waals surface area contributed by atoms with Crippen LogP contribution >= 0.6 is 0 Å². The number of pyridine rings is 1. The van der Waals surface area contributed by atoms with E-state index in [1.807, 2.05) is 54.6 Å². The monoisotopic (exact) mass is 452 g/mol. The normalized spacial score (nSPS) is 15.6. The number of imidazole rings is 1. The topological polar surface area (TPSA) is 99.8 Å². The number of ketones is 1. The molecule has 1 fully saturated rings. The Hall–Kier alpha value is -3.88. The maximum absolute atomic E-state index is 13.7. The van der Waals surface area contributed by atoms with Gasteiger partial charge in [-0.2, -0.15) is 5.10 Å². The molecule has 4 heterocycles. The molecule has 8 nitrogen and oxygen atoms in total. The minimum Gasteiger partial charge on any atom is -0.379 e. The lowest BCUT2D eigenvalue weighted by molar-refractivity contribution is 0.0344. The Labute approximate surface area is 196 Å². The summed E-state index contributed by atoms with van der Waals surface area (Å²) in [5, 5.41) is 8.54. The van der Waals surface area contributed by atoms with Crippen molar-refractivity contribution >= 4 is 27.7 Å². The van der Waals surface area contributed by atoms with E-state index in [2.05, 4.69) is 25.1 Å². The van der Waals surface area contributed by atoms with Crippen LogP contribution in [0.2, 0.25) is 0 Å². The van der Waals surface area contributed by atoms with Crippen LogP contribution in [0.15, 0.2) is 67.0 Å². The lowest BCUT2D eigenvalue weighted by Gasteiger charge is -2.29. The minimum atomic E-state index is -0.307. The SMILES string of the molecule is O=C(c1nc2cc3c(-c4ccncc4)n[nH]c3cc2[nH]1)C(CN1CCOCC1)c1ccccc1. The zero-order chi connectivity index (χ0) is 22.9. The first-order valence-electron chi connectivity index (χ1n) is 11.4. The standard InChI is InChI=1S/C26H24N6O2/c33-25(20(17-4-2-1-3-5-17)16-32-10-12-34-13-11-32)26-28-22-14-19-21(15-23(22)29-26)30-31-24(19)18-6-8-27-9-7-18/h1-9,14-15,20H,10-13,16H2,(H,28,29)(H,30,31). The molecule has 0 bridgehead atoms. The van der Waals surface area contributed by atoms with Crippen LogP contribution in [0.1, 0.15) is 22.1 Å². The number of carbonyl (C=O) groups excluding carboxylic acids is 1. The van der Waals surface area contributed by atoms with E-state index in [4.69, 9.17) is 9.72 Å². The third-order valence-corrected chi connectivity index (χ3v) is 6.41. The molecule has 1 aliphatic rings. The second-order valence-corrected chi connectivity index (χ2v) is 8.55. The van der Waals surface area contributed by atoms with Gasteiger partial charge in [-0.3, -0.25) is 19.8 Å². The van der Waals surface area contributed by atoms with Crippen LogP contribution in [0.25, 0.3) is 33.2 Å². The minimum absolute atomic E-state index is 0.00923. The highest BCUT2D eigenvalue weighted by atomic mass is 16.5. The maximum Gasteiger partial charge on any atom is 0.206 e. The van der Waals surface area contributed by atoms with Crippen LogP contribution in [0.3, 0.4) is 0 Å². The second kappa shape index (κ2) is 8.81. The summed E-state index contributed by atoms with van der Waals surface area (Å²) in [5.41, 5.74) is 5.24. The van der Waals surface area contributed by atoms with E-state index in [1.54, 1.807) is 12.4 Å². The molecule has 6 rings (SSSR count). The smallest absolute Gasteiger partial charge is 0.206 e. The summed E-state index contributed by atoms with van der Waals surface area (Å²) < 4.78 is 5.49. The summed E-state index contributed by atoms with van der Waals surface area (Å²) in [4.78, 5) is 28.1. The number of morpholine rings is 1. The Morgan fingerprint density at radius 1 is 1.03 bits per heavy atom. The van der Waals surface area contributed by atoms with Gasteiger partial charge in [0.15, 0.2) is 5.82 Å². The number of Topliss-reactive ketones (excluding diaryl/α,β-unsaturated/α-hetero) is 1. The molecule has 1 unspecified atom stereocenters. The van der Waals surface area contributed by atoms with Gasteiger partial charge in [-0.1, -0.05) is 30.3 Å². The Morgan fingerprint density at radius 3 is 2.62 bits per heavy atom. The number of rotatable bonds is 6. The lowest BCUT2D eigenvalue weighted by atomic mass is 9.93. The highest BCUT2D eigenvalue weighted by Crippen LogP contribution is 2.30. The van der Waals surface area contributed by atoms with Crippen LogP contribution in [0, 0.1) is 0 Å². The molecular weight excluding hydrogens is 428 g/mol. The predicted octanol–water partition coefficient (Wildman–Crippen LogP) is 3.80. The Morgan fingerprint density at radius 2 is 1.82 bits per heavy atom. The highest BCUT2D eigenvalue weighted by molar-refractivity contribution is 6.04. The van der Waals surface area contributed by atoms with Gasteiger partial charge in [0.2, 0.25) is 5.78 Å². The molecule has 1 atom stereocenters. The number of hydrogen-bond acceptors (Lipinski definition) is 6. The van der Waals surface area contributed by atoms with Gasteiger partial charge >= 0.3 is 0 Å². The molecule has 2 aromatic carbocycles. The number of fused-ring (bicyclic) bond motifs is 2. The Kier molecular flexibility index (Phi) is 5.37. The maximum atomic E-state index is 13.7. The molecule has 3 aromatic heterocycles. The molecule has 34 heavy (non-hydrogen) atoms. The van der Waals surface area contributed by atoms with E-state index >= 15 is 0 Å². The van der Waals surface area contributed by atoms with Crippen molar-refractivity contribution < 1.29 is 9.53 Å². The van der Waals surface area contributed by atoms with Crippen LogP contribution < -0.4 is 0 Å². The van der Waals surface area contributed by atoms with Gasteiger partial charge in [0.05, 0.1) is 35.7 Å². The second-order valence-electron chi connectivity index (χ2n) is 8.55. The summed E-state index contributed by atoms with van der Waals surface area (Å²) in [6.45, 7) is 3.68. The summed E-state index contributed by atoms with van der Waals surface area (Å²) in [6.07, 6.45) is 3.50. The third-order valence-electron chi connectivity index (χ3n) is 6.41. The van der Waals surface area contributed by atoms with Crippen LogP contribution in [0.4, 0.5) is 0 Å². The Balaban J connectivity index is 1.37. The molecule has 170 valence electrons. The molecule has 0 amide bonds. The lowest BCUT2D eigenvalue weighted by Crippen LogP contribution is -2.40. The fourth-order valence-corrected chi connectivity index (χ4v) is 4.60. The quantitative estimate of drug-likeness (QED) is 0.380. The zero-order valence-electron chi connectivity index (χ0n) is 18.6. The van der Waals surface area contributed by atoms with Gasteiger partial charge in [0.25, 0.3) is 0 Å². The van der Waals surface area contributed by atoms with Crippen LogP contribution in [0.5, 0.6) is 0 Å². The van der Waals surface area contributed by atoms with Crippen molar-refractivity contribution in [2.45, 2.75) is 5.92 Å². The van der Waals surface area contributed by atoms with E-state index in [1.165, 1.54) is 0 Å². The molecule has 0 aliphatic carbocycles. The zero-order valence-corrected chi connectivity index (χ0v) is 18.6. The van der Waals surface area contributed by atoms with Crippen molar-refractivity contribution in [2.24, 2.45) is 0 Å². The van der Waals surface area contributed by atoms with E-state index in [0.29, 0.717) is 25.6 Å². The summed E-state index contributed by atoms with van der Waals surface area (Å²) >= 11 is 0. The van der Waals surface area contributed by atoms with E-state index in [9.17, 15) is 4.79 Å². The van der Waals surface area contributed by atoms with Gasteiger partial charge in [-0.15, -0.1) is 0 Å². The first-order valence-corrected chi connectivity index (χ1v) is 11.4. The van der Waals surface area contributed by atoms with Crippen molar-refractivity contribution in [3.05, 3.63) is 78.4 Å². The van der Waals surface area contributed by atoms with E-state index in [-0.39, 0.29) is 11.7 Å². The molecular formula is C26H24N6O2. The average Bonchev–Trinajstić information content (AvgIpc) is 3.50. The highest BCUT2D eigenvalue weighted by Gasteiger charge is 2.28. The average molecular weight is 453 g/mol. The third kappa shape index (κ3) is 3.87. The van der Waals surface area contributed by atoms with Gasteiger partial charge in [-0.05, 0) is 29.8 Å². The van der Waals surface area contributed by atoms with Crippen molar-refractivity contribution in [1.29, 1.82) is 0 Å². The fraction of sp³-hybridized carbons (Fsp3) is 0.231. The van der Waals surface area contributed by atoms with E-state index < -0.39 is 0 Å². The predicted molar refractivity (Wildman–Crippen MR) is 130 cm³/mol. The summed E-state index contributed by atoms with van der Waals surface area (Å²) in [6, 6.07) is 17.8. The van der Waals surface area contributed by atoms with Gasteiger partial charge < -0.3 is 9.72 Å². The first-order chi connectivity index (χ1) is 16.8. The molecule has 8 heteroatoms. The number of nitrogens with one attached hydrogen (secondary N) is 2. The van der Waals surface area contributed by atoms with Crippen LogP contribution in [-0.4, -0.2) is 68.7 Å². The molecule has 1 saturated heterocycles. The first kappa shape index (κ1) is 20.7. The Bertz CT molecular complexity index is 1440. The van der Waals surface area contributed by atoms with Gasteiger partial charge in [0, 0.05) is 43.0 Å². The fourth-order valence-electron chi connectivity index (χ4n) is 4.60.